The van der Waals surface area contributed by atoms with Crippen molar-refractivity contribution in [2.24, 2.45) is 5.73 Å². The second-order valence-electron chi connectivity index (χ2n) is 20.2. The average Bonchev–Trinajstić information content (AvgIpc) is 3.36. The number of nitrogens with two attached hydrogens (primary N) is 1. The smallest absolute Gasteiger partial charge is 0.462 e. The molecule has 0 rings (SSSR count). The summed E-state index contributed by atoms with van der Waals surface area (Å²) in [6, 6.07) is 0. The number of hydrogen-bond acceptors (Lipinski definition) is 8. The minimum absolute atomic E-state index is 0.0519. The van der Waals surface area contributed by atoms with Crippen LogP contribution in [0.1, 0.15) is 296 Å². The number of esters is 2. The lowest BCUT2D eigenvalue weighted by molar-refractivity contribution is -0.161. The maximum atomic E-state index is 12.7. The van der Waals surface area contributed by atoms with Crippen molar-refractivity contribution in [2.75, 3.05) is 26.4 Å². The van der Waals surface area contributed by atoms with Gasteiger partial charge in [-0.15, -0.1) is 0 Å². The van der Waals surface area contributed by atoms with Crippen LogP contribution in [0.3, 0.4) is 0 Å². The maximum Gasteiger partial charge on any atom is 0.472 e. The van der Waals surface area contributed by atoms with Crippen LogP contribution in [0.15, 0.2) is 48.6 Å². The molecule has 0 aliphatic heterocycles. The molecule has 2 atom stereocenters. The van der Waals surface area contributed by atoms with Gasteiger partial charge in [-0.25, -0.2) is 4.57 Å². The first-order chi connectivity index (χ1) is 34.8. The third-order valence-corrected chi connectivity index (χ3v) is 14.2. The highest BCUT2D eigenvalue weighted by molar-refractivity contribution is 7.47. The van der Waals surface area contributed by atoms with E-state index in [1.165, 1.54) is 193 Å². The number of ether oxygens (including phenoxy) is 2. The lowest BCUT2D eigenvalue weighted by Crippen LogP contribution is -2.29. The Bertz CT molecular complexity index is 1300. The van der Waals surface area contributed by atoms with Crippen LogP contribution in [0.5, 0.6) is 0 Å². The van der Waals surface area contributed by atoms with Gasteiger partial charge in [-0.2, -0.15) is 0 Å². The molecule has 2 unspecified atom stereocenters. The van der Waals surface area contributed by atoms with Gasteiger partial charge in [0.2, 0.25) is 0 Å². The van der Waals surface area contributed by atoms with Gasteiger partial charge in [0, 0.05) is 19.4 Å². The van der Waals surface area contributed by atoms with E-state index in [1.807, 2.05) is 0 Å². The van der Waals surface area contributed by atoms with E-state index in [0.29, 0.717) is 6.42 Å². The Morgan fingerprint density at radius 3 is 1.15 bits per heavy atom. The van der Waals surface area contributed by atoms with E-state index in [2.05, 4.69) is 62.5 Å². The summed E-state index contributed by atoms with van der Waals surface area (Å²) >= 11 is 0. The van der Waals surface area contributed by atoms with E-state index in [-0.39, 0.29) is 38.6 Å². The molecule has 0 aromatic rings. The summed E-state index contributed by atoms with van der Waals surface area (Å²) in [6.45, 7) is 3.67. The molecule has 3 N–H and O–H groups in total. The highest BCUT2D eigenvalue weighted by Crippen LogP contribution is 2.43. The summed E-state index contributed by atoms with van der Waals surface area (Å²) in [4.78, 5) is 35.2. The van der Waals surface area contributed by atoms with Crippen LogP contribution in [-0.4, -0.2) is 49.3 Å². The molecule has 0 amide bonds. The summed E-state index contributed by atoms with van der Waals surface area (Å²) in [7, 11) is -4.39. The molecular weight excluding hydrogens is 906 g/mol. The summed E-state index contributed by atoms with van der Waals surface area (Å²) in [5.74, 6) is -0.825. The quantitative estimate of drug-likeness (QED) is 0.0264. The zero-order chi connectivity index (χ0) is 51.7. The Morgan fingerprint density at radius 2 is 0.775 bits per heavy atom. The maximum absolute atomic E-state index is 12.7. The second-order valence-corrected chi connectivity index (χ2v) is 21.7. The van der Waals surface area contributed by atoms with E-state index in [9.17, 15) is 19.0 Å². The first kappa shape index (κ1) is 69.0. The lowest BCUT2D eigenvalue weighted by atomic mass is 10.0. The zero-order valence-electron chi connectivity index (χ0n) is 46.5. The molecule has 0 aromatic heterocycles. The average molecular weight is 1020 g/mol. The molecule has 0 aliphatic carbocycles. The summed E-state index contributed by atoms with van der Waals surface area (Å²) < 4.78 is 33.1. The molecule has 0 spiro atoms. The summed E-state index contributed by atoms with van der Waals surface area (Å²) in [6.07, 6.45) is 70.4. The molecule has 10 heteroatoms. The summed E-state index contributed by atoms with van der Waals surface area (Å²) in [5.41, 5.74) is 5.38. The van der Waals surface area contributed by atoms with Crippen molar-refractivity contribution in [3.63, 3.8) is 0 Å². The Hall–Kier alpha value is -2.03. The normalized spacial score (nSPS) is 13.4. The van der Waals surface area contributed by atoms with Crippen molar-refractivity contribution in [1.29, 1.82) is 0 Å². The predicted molar refractivity (Wildman–Crippen MR) is 303 cm³/mol. The fourth-order valence-corrected chi connectivity index (χ4v) is 9.57. The van der Waals surface area contributed by atoms with E-state index < -0.39 is 26.5 Å². The van der Waals surface area contributed by atoms with Crippen LogP contribution in [0.2, 0.25) is 0 Å². The molecule has 9 nitrogen and oxygen atoms in total. The molecular formula is C61H114NO8P. The minimum atomic E-state index is -4.39. The number of carbonyl (C=O) groups is 2. The zero-order valence-corrected chi connectivity index (χ0v) is 47.4. The number of unbranched alkanes of at least 4 members (excludes halogenated alkanes) is 36. The molecule has 0 aliphatic rings. The standard InChI is InChI=1S/C61H114NO8P/c1-3-5-7-9-11-13-15-17-19-21-23-25-26-27-28-29-30-31-32-34-35-37-39-41-43-45-47-49-51-53-60(63)67-57-59(58-69-71(65,66)68-56-55-62)70-61(64)54-52-50-48-46-44-42-40-38-36-33-24-22-20-18-16-14-12-10-8-6-4-2/h6,8,12,14,18,20,24,33,59H,3-5,7,9-11,13,15-17,19,21-23,25-32,34-58,62H2,1-2H3,(H,65,66)/b8-6-,14-12-,20-18-,33-24-. The van der Waals surface area contributed by atoms with E-state index in [1.54, 1.807) is 0 Å². The van der Waals surface area contributed by atoms with Gasteiger partial charge in [-0.3, -0.25) is 18.6 Å². The van der Waals surface area contributed by atoms with Crippen molar-refractivity contribution in [3.8, 4) is 0 Å². The number of phosphoric acid groups is 1. The monoisotopic (exact) mass is 1020 g/mol. The Labute approximate surface area is 438 Å². The van der Waals surface area contributed by atoms with E-state index in [0.717, 1.165) is 70.6 Å². The van der Waals surface area contributed by atoms with Gasteiger partial charge in [0.15, 0.2) is 6.10 Å². The number of allylic oxidation sites excluding steroid dienone is 8. The van der Waals surface area contributed by atoms with Crippen LogP contribution in [0, 0.1) is 0 Å². The Balaban J connectivity index is 3.90. The van der Waals surface area contributed by atoms with Gasteiger partial charge in [-0.1, -0.05) is 281 Å². The fourth-order valence-electron chi connectivity index (χ4n) is 8.81. The number of hydrogen-bond donors (Lipinski definition) is 2. The highest BCUT2D eigenvalue weighted by Gasteiger charge is 2.26. The van der Waals surface area contributed by atoms with Gasteiger partial charge in [0.1, 0.15) is 6.61 Å². The van der Waals surface area contributed by atoms with E-state index in [4.69, 9.17) is 24.3 Å². The Morgan fingerprint density at radius 1 is 0.437 bits per heavy atom. The first-order valence-electron chi connectivity index (χ1n) is 30.1. The topological polar surface area (TPSA) is 134 Å². The lowest BCUT2D eigenvalue weighted by Gasteiger charge is -2.19. The van der Waals surface area contributed by atoms with Gasteiger partial charge >= 0.3 is 19.8 Å². The van der Waals surface area contributed by atoms with E-state index >= 15 is 0 Å². The van der Waals surface area contributed by atoms with Crippen molar-refractivity contribution in [1.82, 2.24) is 0 Å². The van der Waals surface area contributed by atoms with Crippen LogP contribution in [0.4, 0.5) is 0 Å². The van der Waals surface area contributed by atoms with Crippen molar-refractivity contribution in [3.05, 3.63) is 48.6 Å². The SMILES string of the molecule is CC/C=C\C/C=C\C/C=C\C/C=C\CCCCCCCCCCC(=O)OC(COC(=O)CCCCCCCCCCCCCCCCCCCCCCCCCCCCCCC)COP(=O)(O)OCCN. The van der Waals surface area contributed by atoms with Crippen LogP contribution in [0.25, 0.3) is 0 Å². The molecule has 0 heterocycles. The molecule has 0 aromatic carbocycles. The first-order valence-corrected chi connectivity index (χ1v) is 31.6. The molecule has 416 valence electrons. The van der Waals surface area contributed by atoms with Gasteiger partial charge < -0.3 is 20.1 Å². The largest absolute Gasteiger partial charge is 0.472 e. The highest BCUT2D eigenvalue weighted by atomic mass is 31.2. The molecule has 0 bridgehead atoms. The van der Waals surface area contributed by atoms with Crippen molar-refractivity contribution < 1.29 is 37.6 Å². The third kappa shape index (κ3) is 57.1. The number of rotatable bonds is 57. The Kier molecular flexibility index (Phi) is 55.6. The third-order valence-electron chi connectivity index (χ3n) is 13.2. The fraction of sp³-hybridized carbons (Fsp3) is 0.836. The number of phosphoric ester groups is 1. The summed E-state index contributed by atoms with van der Waals surface area (Å²) in [5, 5.41) is 0. The molecule has 0 fully saturated rings. The van der Waals surface area contributed by atoms with Crippen LogP contribution in [-0.2, 0) is 32.7 Å². The molecule has 0 radical (unpaired) electrons. The van der Waals surface area contributed by atoms with Gasteiger partial charge in [-0.05, 0) is 51.4 Å². The van der Waals surface area contributed by atoms with Crippen molar-refractivity contribution in [2.45, 2.75) is 302 Å². The predicted octanol–water partition coefficient (Wildman–Crippen LogP) is 19.0. The molecule has 0 saturated carbocycles. The van der Waals surface area contributed by atoms with Gasteiger partial charge in [0.25, 0.3) is 0 Å². The number of carbonyl (C=O) groups excluding carboxylic acids is 2. The van der Waals surface area contributed by atoms with Crippen molar-refractivity contribution >= 4 is 19.8 Å². The molecule has 71 heavy (non-hydrogen) atoms. The van der Waals surface area contributed by atoms with Crippen LogP contribution < -0.4 is 5.73 Å². The van der Waals surface area contributed by atoms with Gasteiger partial charge in [0.05, 0.1) is 13.2 Å². The van der Waals surface area contributed by atoms with Crippen LogP contribution >= 0.6 is 7.82 Å². The molecule has 0 saturated heterocycles. The minimum Gasteiger partial charge on any atom is -0.462 e. The second kappa shape index (κ2) is 57.3.